The lowest BCUT2D eigenvalue weighted by Crippen LogP contribution is -2.52. The van der Waals surface area contributed by atoms with Crippen molar-refractivity contribution in [2.75, 3.05) is 37.6 Å². The smallest absolute Gasteiger partial charge is 0.146 e. The second kappa shape index (κ2) is 6.32. The highest BCUT2D eigenvalue weighted by molar-refractivity contribution is 5.47. The molecule has 4 heteroatoms. The molecule has 3 nitrogen and oxygen atoms in total. The van der Waals surface area contributed by atoms with Crippen molar-refractivity contribution >= 4 is 5.69 Å². The fourth-order valence-corrected chi connectivity index (χ4v) is 3.64. The summed E-state index contributed by atoms with van der Waals surface area (Å²) in [7, 11) is 0. The summed E-state index contributed by atoms with van der Waals surface area (Å²) >= 11 is 0. The van der Waals surface area contributed by atoms with Gasteiger partial charge in [-0.1, -0.05) is 31.4 Å². The number of piperazine rings is 1. The zero-order valence-corrected chi connectivity index (χ0v) is 12.6. The van der Waals surface area contributed by atoms with Crippen LogP contribution in [0.2, 0.25) is 0 Å². The van der Waals surface area contributed by atoms with Crippen LogP contribution in [0.4, 0.5) is 10.1 Å². The molecule has 2 aliphatic rings. The first-order chi connectivity index (χ1) is 10.2. The third-order valence-corrected chi connectivity index (χ3v) is 4.87. The number of para-hydroxylation sites is 1. The Morgan fingerprint density at radius 1 is 1.00 bits per heavy atom. The van der Waals surface area contributed by atoms with Gasteiger partial charge in [0, 0.05) is 32.7 Å². The van der Waals surface area contributed by atoms with Crippen LogP contribution in [-0.4, -0.2) is 48.3 Å². The van der Waals surface area contributed by atoms with E-state index in [-0.39, 0.29) is 5.82 Å². The maximum Gasteiger partial charge on any atom is 0.146 e. The molecule has 1 aliphatic carbocycles. The van der Waals surface area contributed by atoms with E-state index in [1.165, 1.54) is 12.5 Å². The van der Waals surface area contributed by atoms with Crippen molar-refractivity contribution in [3.63, 3.8) is 0 Å². The molecule has 2 fully saturated rings. The molecule has 1 aromatic carbocycles. The number of nitrogens with zero attached hydrogens (tertiary/aromatic N) is 2. The molecule has 0 amide bonds. The van der Waals surface area contributed by atoms with Crippen LogP contribution in [0.1, 0.15) is 32.1 Å². The predicted octanol–water partition coefficient (Wildman–Crippen LogP) is 2.64. The molecule has 116 valence electrons. The SMILES string of the molecule is OC1(CN2CCN(c3ccccc3F)CC2)CCCCC1. The Labute approximate surface area is 126 Å². The van der Waals surface area contributed by atoms with E-state index in [0.29, 0.717) is 5.69 Å². The van der Waals surface area contributed by atoms with Crippen molar-refractivity contribution in [3.8, 4) is 0 Å². The molecule has 0 aromatic heterocycles. The molecule has 0 unspecified atom stereocenters. The molecule has 1 aliphatic heterocycles. The van der Waals surface area contributed by atoms with E-state index >= 15 is 0 Å². The average molecular weight is 292 g/mol. The van der Waals surface area contributed by atoms with Gasteiger partial charge in [-0.25, -0.2) is 4.39 Å². The van der Waals surface area contributed by atoms with Gasteiger partial charge in [0.15, 0.2) is 0 Å². The maximum absolute atomic E-state index is 13.8. The van der Waals surface area contributed by atoms with E-state index < -0.39 is 5.60 Å². The number of β-amino-alcohol motifs (C(OH)–C–C–N with tert-alkyl or cyclic N) is 1. The van der Waals surface area contributed by atoms with Crippen LogP contribution < -0.4 is 4.90 Å². The van der Waals surface area contributed by atoms with Gasteiger partial charge in [0.2, 0.25) is 0 Å². The van der Waals surface area contributed by atoms with Crippen LogP contribution in [0.15, 0.2) is 24.3 Å². The predicted molar refractivity (Wildman–Crippen MR) is 83.1 cm³/mol. The number of anilines is 1. The van der Waals surface area contributed by atoms with Crippen LogP contribution >= 0.6 is 0 Å². The summed E-state index contributed by atoms with van der Waals surface area (Å²) in [5, 5.41) is 10.6. The molecule has 0 atom stereocenters. The summed E-state index contributed by atoms with van der Waals surface area (Å²) in [5.41, 5.74) is 0.215. The van der Waals surface area contributed by atoms with Crippen molar-refractivity contribution in [3.05, 3.63) is 30.1 Å². The summed E-state index contributed by atoms with van der Waals surface area (Å²) in [6.45, 7) is 4.24. The lowest BCUT2D eigenvalue weighted by Gasteiger charge is -2.41. The van der Waals surface area contributed by atoms with Crippen LogP contribution in [-0.2, 0) is 0 Å². The monoisotopic (exact) mass is 292 g/mol. The van der Waals surface area contributed by atoms with E-state index in [1.54, 1.807) is 6.07 Å². The van der Waals surface area contributed by atoms with Crippen LogP contribution in [0.3, 0.4) is 0 Å². The first kappa shape index (κ1) is 14.8. The lowest BCUT2D eigenvalue weighted by molar-refractivity contribution is -0.0271. The number of hydrogen-bond donors (Lipinski definition) is 1. The van der Waals surface area contributed by atoms with E-state index in [2.05, 4.69) is 9.80 Å². The lowest BCUT2D eigenvalue weighted by atomic mass is 9.84. The Morgan fingerprint density at radius 2 is 1.67 bits per heavy atom. The molecular weight excluding hydrogens is 267 g/mol. The van der Waals surface area contributed by atoms with Gasteiger partial charge in [-0.3, -0.25) is 4.90 Å². The molecule has 3 rings (SSSR count). The molecule has 0 spiro atoms. The molecule has 21 heavy (non-hydrogen) atoms. The fraction of sp³-hybridized carbons (Fsp3) is 0.647. The van der Waals surface area contributed by atoms with Gasteiger partial charge in [-0.05, 0) is 25.0 Å². The highest BCUT2D eigenvalue weighted by atomic mass is 19.1. The highest BCUT2D eigenvalue weighted by Crippen LogP contribution is 2.29. The van der Waals surface area contributed by atoms with E-state index in [0.717, 1.165) is 58.4 Å². The summed E-state index contributed by atoms with van der Waals surface area (Å²) in [5.74, 6) is -0.142. The van der Waals surface area contributed by atoms with Gasteiger partial charge in [-0.15, -0.1) is 0 Å². The molecule has 0 bridgehead atoms. The summed E-state index contributed by atoms with van der Waals surface area (Å²) in [4.78, 5) is 4.44. The highest BCUT2D eigenvalue weighted by Gasteiger charge is 2.32. The normalized spacial score (nSPS) is 23.2. The van der Waals surface area contributed by atoms with Crippen LogP contribution in [0.5, 0.6) is 0 Å². The molecule has 1 saturated carbocycles. The van der Waals surface area contributed by atoms with E-state index in [1.807, 2.05) is 12.1 Å². The van der Waals surface area contributed by atoms with Gasteiger partial charge in [0.25, 0.3) is 0 Å². The van der Waals surface area contributed by atoms with Crippen molar-refractivity contribution < 1.29 is 9.50 Å². The summed E-state index contributed by atoms with van der Waals surface area (Å²) < 4.78 is 13.8. The number of rotatable bonds is 3. The van der Waals surface area contributed by atoms with Gasteiger partial charge in [0.05, 0.1) is 11.3 Å². The van der Waals surface area contributed by atoms with Crippen molar-refractivity contribution in [2.24, 2.45) is 0 Å². The second-order valence-corrected chi connectivity index (χ2v) is 6.50. The first-order valence-electron chi connectivity index (χ1n) is 8.11. The van der Waals surface area contributed by atoms with Gasteiger partial charge in [-0.2, -0.15) is 0 Å². The minimum Gasteiger partial charge on any atom is -0.389 e. The van der Waals surface area contributed by atoms with E-state index in [4.69, 9.17) is 0 Å². The number of benzene rings is 1. The largest absolute Gasteiger partial charge is 0.389 e. The van der Waals surface area contributed by atoms with Crippen molar-refractivity contribution in [2.45, 2.75) is 37.7 Å². The van der Waals surface area contributed by atoms with Crippen molar-refractivity contribution in [1.82, 2.24) is 4.90 Å². The molecule has 1 saturated heterocycles. The van der Waals surface area contributed by atoms with Crippen molar-refractivity contribution in [1.29, 1.82) is 0 Å². The van der Waals surface area contributed by atoms with Gasteiger partial charge >= 0.3 is 0 Å². The summed E-state index contributed by atoms with van der Waals surface area (Å²) in [6.07, 6.45) is 5.40. The minimum absolute atomic E-state index is 0.142. The standard InChI is InChI=1S/C17H25FN2O/c18-15-6-2-3-7-16(15)20-12-10-19(11-13-20)14-17(21)8-4-1-5-9-17/h2-3,6-7,21H,1,4-5,8-14H2. The molecule has 1 N–H and O–H groups in total. The average Bonchev–Trinajstić information content (AvgIpc) is 2.49. The zero-order chi connectivity index (χ0) is 14.7. The van der Waals surface area contributed by atoms with Crippen LogP contribution in [0.25, 0.3) is 0 Å². The summed E-state index contributed by atoms with van der Waals surface area (Å²) in [6, 6.07) is 6.98. The Hall–Kier alpha value is -1.13. The Balaban J connectivity index is 1.54. The number of hydrogen-bond acceptors (Lipinski definition) is 3. The zero-order valence-electron chi connectivity index (χ0n) is 12.6. The minimum atomic E-state index is -0.488. The quantitative estimate of drug-likeness (QED) is 0.928. The fourth-order valence-electron chi connectivity index (χ4n) is 3.64. The van der Waals surface area contributed by atoms with E-state index in [9.17, 15) is 9.50 Å². The number of aliphatic hydroxyl groups is 1. The Bertz CT molecular complexity index is 466. The molecule has 0 radical (unpaired) electrons. The van der Waals surface area contributed by atoms with Gasteiger partial charge < -0.3 is 10.0 Å². The third kappa shape index (κ3) is 3.55. The maximum atomic E-state index is 13.8. The molecule has 1 heterocycles. The molecular formula is C17H25FN2O. The van der Waals surface area contributed by atoms with Crippen LogP contribution in [0, 0.1) is 5.82 Å². The van der Waals surface area contributed by atoms with Gasteiger partial charge in [0.1, 0.15) is 5.82 Å². The topological polar surface area (TPSA) is 26.7 Å². The first-order valence-corrected chi connectivity index (χ1v) is 8.11. The number of halogens is 1. The second-order valence-electron chi connectivity index (χ2n) is 6.50. The Kier molecular flexibility index (Phi) is 4.45. The third-order valence-electron chi connectivity index (χ3n) is 4.87. The molecule has 1 aromatic rings. The Morgan fingerprint density at radius 3 is 2.33 bits per heavy atom.